The van der Waals surface area contributed by atoms with Gasteiger partial charge < -0.3 is 19.9 Å². The summed E-state index contributed by atoms with van der Waals surface area (Å²) in [6, 6.07) is 8.80. The molecule has 1 heterocycles. The SMILES string of the molecule is COc1cc(O)c2c(c1C(=O)NCc1ccccc1C)OC1=CC(=O)C(C(C)=O)C(=O)[C@]12C. The third-order valence-corrected chi connectivity index (χ3v) is 6.30. The Kier molecular flexibility index (Phi) is 5.32. The van der Waals surface area contributed by atoms with E-state index < -0.39 is 34.6 Å². The molecule has 0 spiro atoms. The first-order chi connectivity index (χ1) is 15.6. The molecule has 2 aromatic carbocycles. The van der Waals surface area contributed by atoms with Crippen LogP contribution in [0.3, 0.4) is 0 Å². The van der Waals surface area contributed by atoms with Crippen LogP contribution in [-0.2, 0) is 26.3 Å². The Labute approximate surface area is 190 Å². The number of methoxy groups -OCH3 is 1. The fourth-order valence-corrected chi connectivity index (χ4v) is 4.42. The normalized spacial score (nSPS) is 21.0. The van der Waals surface area contributed by atoms with Gasteiger partial charge in [-0.25, -0.2) is 0 Å². The predicted molar refractivity (Wildman–Crippen MR) is 117 cm³/mol. The lowest BCUT2D eigenvalue weighted by Gasteiger charge is -2.30. The summed E-state index contributed by atoms with van der Waals surface area (Å²) in [5.41, 5.74) is 0.324. The van der Waals surface area contributed by atoms with Crippen LogP contribution in [0.25, 0.3) is 0 Å². The number of phenols is 1. The van der Waals surface area contributed by atoms with Gasteiger partial charge in [-0.1, -0.05) is 24.3 Å². The minimum absolute atomic E-state index is 0.0185. The maximum atomic E-state index is 13.3. The number of fused-ring (bicyclic) bond motifs is 3. The molecule has 8 heteroatoms. The van der Waals surface area contributed by atoms with Gasteiger partial charge in [0.15, 0.2) is 17.3 Å². The largest absolute Gasteiger partial charge is 0.507 e. The predicted octanol–water partition coefficient (Wildman–Crippen LogP) is 2.53. The second-order valence-corrected chi connectivity index (χ2v) is 8.33. The number of aryl methyl sites for hydroxylation is 1. The minimum Gasteiger partial charge on any atom is -0.507 e. The Morgan fingerprint density at radius 3 is 2.58 bits per heavy atom. The first-order valence-electron chi connectivity index (χ1n) is 10.4. The molecule has 1 aliphatic heterocycles. The number of carbonyl (C=O) groups is 4. The number of Topliss-reactive ketones (excluding diaryl/α,β-unsaturated/α-hetero) is 2. The summed E-state index contributed by atoms with van der Waals surface area (Å²) < 4.78 is 11.2. The van der Waals surface area contributed by atoms with Gasteiger partial charge >= 0.3 is 0 Å². The highest BCUT2D eigenvalue weighted by molar-refractivity contribution is 6.27. The van der Waals surface area contributed by atoms with Crippen LogP contribution in [0, 0.1) is 12.8 Å². The van der Waals surface area contributed by atoms with Crippen LogP contribution in [0.1, 0.15) is 40.9 Å². The van der Waals surface area contributed by atoms with Crippen molar-refractivity contribution in [2.75, 3.05) is 7.11 Å². The molecule has 0 saturated carbocycles. The average molecular weight is 449 g/mol. The molecule has 4 rings (SSSR count). The number of aromatic hydroxyl groups is 1. The summed E-state index contributed by atoms with van der Waals surface area (Å²) in [4.78, 5) is 51.0. The van der Waals surface area contributed by atoms with Crippen molar-refractivity contribution in [2.45, 2.75) is 32.7 Å². The van der Waals surface area contributed by atoms with Crippen molar-refractivity contribution in [3.63, 3.8) is 0 Å². The topological polar surface area (TPSA) is 119 Å². The molecular weight excluding hydrogens is 426 g/mol. The number of allylic oxidation sites excluding steroid dienone is 2. The third-order valence-electron chi connectivity index (χ3n) is 6.30. The van der Waals surface area contributed by atoms with Crippen molar-refractivity contribution in [3.8, 4) is 17.2 Å². The molecule has 2 aromatic rings. The lowest BCUT2D eigenvalue weighted by Crippen LogP contribution is -2.47. The zero-order valence-corrected chi connectivity index (χ0v) is 18.6. The number of ether oxygens (including phenoxy) is 2. The van der Waals surface area contributed by atoms with E-state index in [0.29, 0.717) is 0 Å². The number of rotatable bonds is 5. The number of nitrogens with one attached hydrogen (secondary N) is 1. The van der Waals surface area contributed by atoms with Crippen molar-refractivity contribution < 1.29 is 33.8 Å². The van der Waals surface area contributed by atoms with Crippen LogP contribution in [0.2, 0.25) is 0 Å². The van der Waals surface area contributed by atoms with Crippen LogP contribution in [0.15, 0.2) is 42.2 Å². The molecule has 2 atom stereocenters. The Morgan fingerprint density at radius 1 is 1.24 bits per heavy atom. The zero-order chi connectivity index (χ0) is 24.1. The van der Waals surface area contributed by atoms with Gasteiger partial charge in [0.1, 0.15) is 39.9 Å². The Morgan fingerprint density at radius 2 is 1.94 bits per heavy atom. The maximum absolute atomic E-state index is 13.3. The van der Waals surface area contributed by atoms with E-state index in [1.807, 2.05) is 31.2 Å². The highest BCUT2D eigenvalue weighted by atomic mass is 16.5. The van der Waals surface area contributed by atoms with E-state index in [9.17, 15) is 24.3 Å². The first-order valence-corrected chi connectivity index (χ1v) is 10.4. The molecule has 1 amide bonds. The summed E-state index contributed by atoms with van der Waals surface area (Å²) in [7, 11) is 1.34. The van der Waals surface area contributed by atoms with Crippen molar-refractivity contribution in [1.29, 1.82) is 0 Å². The first kappa shape index (κ1) is 22.3. The standard InChI is InChI=1S/C25H23NO7/c1-12-7-5-6-8-14(12)11-26-24(31)20-17(32-4)9-16(29)21-22(20)33-18-10-15(28)19(13(2)27)23(30)25(18,21)3/h5-10,19,29H,11H2,1-4H3,(H,26,31)/t19?,25-/m1/s1. The molecule has 1 aliphatic carbocycles. The molecule has 1 unspecified atom stereocenters. The molecule has 0 saturated heterocycles. The number of benzene rings is 2. The van der Waals surface area contributed by atoms with E-state index in [1.165, 1.54) is 20.1 Å². The van der Waals surface area contributed by atoms with E-state index in [4.69, 9.17) is 9.47 Å². The summed E-state index contributed by atoms with van der Waals surface area (Å²) >= 11 is 0. The molecule has 0 fully saturated rings. The molecule has 2 N–H and O–H groups in total. The van der Waals surface area contributed by atoms with Crippen LogP contribution in [0.4, 0.5) is 0 Å². The fourth-order valence-electron chi connectivity index (χ4n) is 4.42. The number of phenolic OH excluding ortho intramolecular Hbond substituents is 1. The van der Waals surface area contributed by atoms with E-state index in [2.05, 4.69) is 5.32 Å². The Balaban J connectivity index is 1.82. The van der Waals surface area contributed by atoms with Crippen LogP contribution in [0.5, 0.6) is 17.2 Å². The third kappa shape index (κ3) is 3.29. The summed E-state index contributed by atoms with van der Waals surface area (Å²) in [6.07, 6.45) is 1.09. The number of ketones is 3. The molecule has 170 valence electrons. The van der Waals surface area contributed by atoms with Crippen molar-refractivity contribution in [3.05, 3.63) is 64.4 Å². The maximum Gasteiger partial charge on any atom is 0.259 e. The molecule has 0 aromatic heterocycles. The van der Waals surface area contributed by atoms with E-state index >= 15 is 0 Å². The van der Waals surface area contributed by atoms with E-state index in [1.54, 1.807) is 0 Å². The molecule has 8 nitrogen and oxygen atoms in total. The van der Waals surface area contributed by atoms with Gasteiger partial charge in [-0.15, -0.1) is 0 Å². The zero-order valence-electron chi connectivity index (χ0n) is 18.6. The van der Waals surface area contributed by atoms with E-state index in [0.717, 1.165) is 24.1 Å². The minimum atomic E-state index is -1.60. The lowest BCUT2D eigenvalue weighted by atomic mass is 9.67. The molecule has 33 heavy (non-hydrogen) atoms. The van der Waals surface area contributed by atoms with Gasteiger partial charge in [0, 0.05) is 18.7 Å². The highest BCUT2D eigenvalue weighted by Gasteiger charge is 2.58. The monoisotopic (exact) mass is 449 g/mol. The molecular formula is C25H23NO7. The number of hydrogen-bond donors (Lipinski definition) is 2. The van der Waals surface area contributed by atoms with Crippen molar-refractivity contribution >= 4 is 23.3 Å². The van der Waals surface area contributed by atoms with Gasteiger partial charge in [-0.05, 0) is 31.9 Å². The van der Waals surface area contributed by atoms with Gasteiger partial charge in [-0.3, -0.25) is 19.2 Å². The van der Waals surface area contributed by atoms with Gasteiger partial charge in [-0.2, -0.15) is 0 Å². The van der Waals surface area contributed by atoms with Crippen LogP contribution >= 0.6 is 0 Å². The van der Waals surface area contributed by atoms with Gasteiger partial charge in [0.25, 0.3) is 5.91 Å². The lowest BCUT2D eigenvalue weighted by molar-refractivity contribution is -0.140. The average Bonchev–Trinajstić information content (AvgIpc) is 3.06. The second-order valence-electron chi connectivity index (χ2n) is 8.33. The van der Waals surface area contributed by atoms with Gasteiger partial charge in [0.2, 0.25) is 0 Å². The highest BCUT2D eigenvalue weighted by Crippen LogP contribution is 2.56. The Hall–Kier alpha value is -3.94. The summed E-state index contributed by atoms with van der Waals surface area (Å²) in [6.45, 7) is 4.79. The molecule has 0 bridgehead atoms. The summed E-state index contributed by atoms with van der Waals surface area (Å²) in [5.74, 6) is -4.45. The van der Waals surface area contributed by atoms with Gasteiger partial charge in [0.05, 0.1) is 12.7 Å². The number of amides is 1. The number of hydrogen-bond acceptors (Lipinski definition) is 7. The second kappa shape index (κ2) is 7.88. The summed E-state index contributed by atoms with van der Waals surface area (Å²) in [5, 5.41) is 13.6. The smallest absolute Gasteiger partial charge is 0.259 e. The van der Waals surface area contributed by atoms with Crippen LogP contribution < -0.4 is 14.8 Å². The molecule has 0 radical (unpaired) electrons. The molecule has 2 aliphatic rings. The van der Waals surface area contributed by atoms with Crippen molar-refractivity contribution in [2.24, 2.45) is 5.92 Å². The van der Waals surface area contributed by atoms with Crippen molar-refractivity contribution in [1.82, 2.24) is 5.32 Å². The number of carbonyl (C=O) groups excluding carboxylic acids is 4. The Bertz CT molecular complexity index is 1260. The van der Waals surface area contributed by atoms with Crippen LogP contribution in [-0.4, -0.2) is 35.5 Å². The quantitative estimate of drug-likeness (QED) is 0.673. The van der Waals surface area contributed by atoms with E-state index in [-0.39, 0.29) is 40.7 Å². The fraction of sp³-hybridized carbons (Fsp3) is 0.280.